The smallest absolute Gasteiger partial charge is 0.376 e. The summed E-state index contributed by atoms with van der Waals surface area (Å²) in [6.45, 7) is 21.5. The molecule has 2 aliphatic heterocycles. The van der Waals surface area contributed by atoms with E-state index in [2.05, 4.69) is 218 Å². The molecule has 0 saturated carbocycles. The average molecular weight is 911 g/mol. The maximum Gasteiger partial charge on any atom is 0.376 e. The summed E-state index contributed by atoms with van der Waals surface area (Å²) >= 11 is 0. The predicted molar refractivity (Wildman–Crippen MR) is 295 cm³/mol. The molecule has 0 radical (unpaired) electrons. The molecule has 4 nitrogen and oxygen atoms in total. The van der Waals surface area contributed by atoms with Crippen LogP contribution in [0.3, 0.4) is 0 Å². The molecule has 4 heterocycles. The van der Waals surface area contributed by atoms with Gasteiger partial charge in [0, 0.05) is 38.8 Å². The van der Waals surface area contributed by atoms with Crippen LogP contribution in [0.1, 0.15) is 109 Å². The van der Waals surface area contributed by atoms with Gasteiger partial charge >= 0.3 is 6.85 Å². The number of furan rings is 2. The highest BCUT2D eigenvalue weighted by molar-refractivity contribution is 6.93. The van der Waals surface area contributed by atoms with Gasteiger partial charge in [-0.3, -0.25) is 0 Å². The number of benzene rings is 8. The number of para-hydroxylation sites is 1. The van der Waals surface area contributed by atoms with Crippen molar-refractivity contribution >= 4 is 90.1 Å². The van der Waals surface area contributed by atoms with Gasteiger partial charge in [-0.1, -0.05) is 146 Å². The molecule has 8 aromatic carbocycles. The number of rotatable bonds is 3. The second kappa shape index (κ2) is 14.1. The fraction of sp³-hybridized carbons (Fsp3) is 0.262. The Morgan fingerprint density at radius 2 is 1.04 bits per heavy atom. The number of aryl methyl sites for hydroxylation is 1. The Labute approximate surface area is 412 Å². The molecule has 0 amide bonds. The summed E-state index contributed by atoms with van der Waals surface area (Å²) in [6, 6.07) is 54.8. The van der Waals surface area contributed by atoms with E-state index in [1.807, 2.05) is 0 Å². The quantitative estimate of drug-likeness (QED) is 0.165. The Morgan fingerprint density at radius 3 is 1.74 bits per heavy atom. The fourth-order valence-corrected chi connectivity index (χ4v) is 13.4. The topological polar surface area (TPSA) is 32.8 Å². The van der Waals surface area contributed by atoms with Gasteiger partial charge in [0.2, 0.25) is 0 Å². The van der Waals surface area contributed by atoms with Crippen molar-refractivity contribution in [3.63, 3.8) is 0 Å². The predicted octanol–water partition coefficient (Wildman–Crippen LogP) is 16.9. The SMILES string of the molecule is Cc1cc2c(cc1N1c3c(oc4cc5c(cc34)C(C)(C)CCC5(C)C)B3c4c(cc5c(oc6ccccc65)c41)-c1cc4ccccc4cc1N3c1ccc(-c3ccccc3)cc1)C(C)(C)CCC2(C)C. The van der Waals surface area contributed by atoms with Crippen molar-refractivity contribution in [2.24, 2.45) is 0 Å². The van der Waals surface area contributed by atoms with Crippen LogP contribution in [0.25, 0.3) is 65.9 Å². The average Bonchev–Trinajstić information content (AvgIpc) is 3.92. The molecule has 14 rings (SSSR count). The van der Waals surface area contributed by atoms with Crippen LogP contribution in [0.2, 0.25) is 0 Å². The van der Waals surface area contributed by atoms with Crippen LogP contribution >= 0.6 is 0 Å². The van der Waals surface area contributed by atoms with Crippen LogP contribution in [0.15, 0.2) is 154 Å². The van der Waals surface area contributed by atoms with Gasteiger partial charge < -0.3 is 18.5 Å². The molecular weight excluding hydrogens is 852 g/mol. The van der Waals surface area contributed by atoms with Gasteiger partial charge in [0.1, 0.15) is 16.8 Å². The molecule has 2 aliphatic carbocycles. The molecule has 10 aromatic rings. The molecule has 5 heteroatoms. The van der Waals surface area contributed by atoms with Crippen molar-refractivity contribution in [1.29, 1.82) is 0 Å². The van der Waals surface area contributed by atoms with Crippen LogP contribution in [0.5, 0.6) is 0 Å². The summed E-state index contributed by atoms with van der Waals surface area (Å²) in [7, 11) is 0. The van der Waals surface area contributed by atoms with Crippen LogP contribution in [-0.2, 0) is 21.7 Å². The third-order valence-corrected chi connectivity index (χ3v) is 17.6. The first-order valence-corrected chi connectivity index (χ1v) is 25.6. The minimum absolute atomic E-state index is 0.00486. The highest BCUT2D eigenvalue weighted by atomic mass is 16.3. The lowest BCUT2D eigenvalue weighted by Crippen LogP contribution is -2.61. The van der Waals surface area contributed by atoms with E-state index in [4.69, 9.17) is 8.83 Å². The van der Waals surface area contributed by atoms with E-state index < -0.39 is 0 Å². The molecule has 4 aliphatic rings. The number of hydrogen-bond donors (Lipinski definition) is 0. The van der Waals surface area contributed by atoms with Gasteiger partial charge in [-0.15, -0.1) is 0 Å². The summed E-state index contributed by atoms with van der Waals surface area (Å²) in [4.78, 5) is 5.21. The molecular formula is C65H59BN2O2. The second-order valence-corrected chi connectivity index (χ2v) is 23.8. The first kappa shape index (κ1) is 42.0. The van der Waals surface area contributed by atoms with Gasteiger partial charge in [0.15, 0.2) is 5.58 Å². The van der Waals surface area contributed by atoms with E-state index in [0.717, 1.165) is 87.0 Å². The molecule has 0 atom stereocenters. The third-order valence-electron chi connectivity index (χ3n) is 17.6. The first-order valence-electron chi connectivity index (χ1n) is 25.6. The molecule has 0 unspecified atom stereocenters. The fourth-order valence-electron chi connectivity index (χ4n) is 13.4. The van der Waals surface area contributed by atoms with Crippen molar-refractivity contribution in [2.75, 3.05) is 9.71 Å². The van der Waals surface area contributed by atoms with E-state index in [0.29, 0.717) is 0 Å². The minimum Gasteiger partial charge on any atom is -0.466 e. The van der Waals surface area contributed by atoms with Crippen molar-refractivity contribution < 1.29 is 8.83 Å². The number of nitrogens with zero attached hydrogens (tertiary/aromatic N) is 2. The largest absolute Gasteiger partial charge is 0.466 e. The monoisotopic (exact) mass is 910 g/mol. The number of fused-ring (bicyclic) bond motifs is 13. The number of hydrogen-bond acceptors (Lipinski definition) is 4. The number of anilines is 5. The lowest BCUT2D eigenvalue weighted by atomic mass is 9.45. The van der Waals surface area contributed by atoms with E-state index in [1.54, 1.807) is 0 Å². The first-order chi connectivity index (χ1) is 33.6. The minimum atomic E-state index is -0.330. The summed E-state index contributed by atoms with van der Waals surface area (Å²) in [5, 5.41) is 5.83. The maximum atomic E-state index is 7.75. The summed E-state index contributed by atoms with van der Waals surface area (Å²) in [5.74, 6) is 0. The van der Waals surface area contributed by atoms with Gasteiger partial charge in [-0.25, -0.2) is 0 Å². The molecule has 0 saturated heterocycles. The molecule has 2 aromatic heterocycles. The third kappa shape index (κ3) is 5.78. The van der Waals surface area contributed by atoms with Crippen LogP contribution in [-0.4, -0.2) is 6.85 Å². The maximum absolute atomic E-state index is 7.75. The molecule has 0 N–H and O–H groups in total. The van der Waals surface area contributed by atoms with E-state index in [-0.39, 0.29) is 28.5 Å². The van der Waals surface area contributed by atoms with Gasteiger partial charge in [-0.05, 0) is 170 Å². The van der Waals surface area contributed by atoms with Crippen LogP contribution in [0.4, 0.5) is 28.4 Å². The Morgan fingerprint density at radius 1 is 0.457 bits per heavy atom. The molecule has 344 valence electrons. The van der Waals surface area contributed by atoms with Crippen molar-refractivity contribution in [3.8, 4) is 22.3 Å². The van der Waals surface area contributed by atoms with Crippen LogP contribution in [0, 0.1) is 6.92 Å². The summed E-state index contributed by atoms with van der Waals surface area (Å²) < 4.78 is 15.1. The standard InChI is InChI=1S/C65H59BN2O2/c1-38-31-49-51(64(6,7)29-27-62(49,2)3)36-53(38)67-58-48-35-50-52(65(8,9)30-28-63(50,4)5)37-56(48)70-61(58)66-57-46(34-47-44-21-15-16-22-55(44)69-60(47)59(57)67)45-32-41-19-13-14-20-42(41)33-54(45)68(66)43-25-23-40(24-26-43)39-17-11-10-12-18-39/h10-26,31-37H,27-30H2,1-9H3. The van der Waals surface area contributed by atoms with E-state index in [9.17, 15) is 0 Å². The van der Waals surface area contributed by atoms with Crippen molar-refractivity contribution in [1.82, 2.24) is 0 Å². The van der Waals surface area contributed by atoms with E-state index in [1.165, 1.54) is 72.0 Å². The Hall–Kier alpha value is -6.98. The molecule has 70 heavy (non-hydrogen) atoms. The lowest BCUT2D eigenvalue weighted by molar-refractivity contribution is 0.332. The van der Waals surface area contributed by atoms with Gasteiger partial charge in [-0.2, -0.15) is 0 Å². The lowest BCUT2D eigenvalue weighted by Gasteiger charge is -2.45. The van der Waals surface area contributed by atoms with Gasteiger partial charge in [0.05, 0.1) is 11.4 Å². The Bertz CT molecular complexity index is 3870. The Balaban J connectivity index is 1.16. The molecule has 0 fully saturated rings. The zero-order chi connectivity index (χ0) is 47.8. The Kier molecular flexibility index (Phi) is 8.45. The molecule has 0 bridgehead atoms. The molecule has 0 spiro atoms. The summed E-state index contributed by atoms with van der Waals surface area (Å²) in [6.07, 6.45) is 4.55. The second-order valence-electron chi connectivity index (χ2n) is 23.8. The highest BCUT2D eigenvalue weighted by Gasteiger charge is 2.51. The normalized spacial score (nSPS) is 17.9. The van der Waals surface area contributed by atoms with Crippen molar-refractivity contribution in [3.05, 3.63) is 173 Å². The van der Waals surface area contributed by atoms with Crippen molar-refractivity contribution in [2.45, 2.75) is 110 Å². The zero-order valence-electron chi connectivity index (χ0n) is 42.0. The van der Waals surface area contributed by atoms with Crippen LogP contribution < -0.4 is 20.8 Å². The highest BCUT2D eigenvalue weighted by Crippen LogP contribution is 2.57. The van der Waals surface area contributed by atoms with Gasteiger partial charge in [0.25, 0.3) is 0 Å². The summed E-state index contributed by atoms with van der Waals surface area (Å²) in [5.41, 5.74) is 22.4. The van der Waals surface area contributed by atoms with E-state index >= 15 is 0 Å². The zero-order valence-corrected chi connectivity index (χ0v) is 42.0.